The Morgan fingerprint density at radius 3 is 2.38 bits per heavy atom. The van der Waals surface area contributed by atoms with Crippen LogP contribution in [0.4, 0.5) is 18.9 Å². The number of hydrogen-bond acceptors (Lipinski definition) is 5. The van der Waals surface area contributed by atoms with Crippen molar-refractivity contribution >= 4 is 34.9 Å². The number of amides is 1. The van der Waals surface area contributed by atoms with Crippen LogP contribution in [0.25, 0.3) is 11.1 Å². The van der Waals surface area contributed by atoms with E-state index in [1.165, 1.54) is 36.4 Å². The number of carboxylic acid groups (broad SMARTS) is 1. The van der Waals surface area contributed by atoms with Gasteiger partial charge in [0.05, 0.1) is 21.7 Å². The lowest BCUT2D eigenvalue weighted by molar-refractivity contribution is -0.614. The van der Waals surface area contributed by atoms with Crippen LogP contribution < -0.4 is 14.8 Å². The predicted octanol–water partition coefficient (Wildman–Crippen LogP) is 5.95. The van der Waals surface area contributed by atoms with Crippen molar-refractivity contribution in [2.75, 3.05) is 5.32 Å². The molecule has 210 valence electrons. The maximum atomic E-state index is 14.9. The molecule has 1 aliphatic rings. The van der Waals surface area contributed by atoms with Crippen molar-refractivity contribution in [3.8, 4) is 16.9 Å². The number of carboxylic acids is 1. The third-order valence-corrected chi connectivity index (χ3v) is 7.10. The molecule has 2 aromatic carbocycles. The Labute approximate surface area is 231 Å². The van der Waals surface area contributed by atoms with E-state index in [9.17, 15) is 32.8 Å². The molecule has 1 fully saturated rings. The molecule has 1 aromatic heterocycles. The molecule has 0 spiro atoms. The molecule has 0 aliphatic heterocycles. The third kappa shape index (κ3) is 6.71. The first-order valence-corrected chi connectivity index (χ1v) is 12.7. The van der Waals surface area contributed by atoms with Crippen molar-refractivity contribution < 1.29 is 42.1 Å². The van der Waals surface area contributed by atoms with Crippen LogP contribution in [0.3, 0.4) is 0 Å². The number of pyridine rings is 1. The molecule has 0 bridgehead atoms. The van der Waals surface area contributed by atoms with Crippen molar-refractivity contribution in [3.05, 3.63) is 82.0 Å². The number of hydrogen-bond donors (Lipinski definition) is 2. The number of Topliss-reactive ketones (excluding diaryl/α,β-unsaturated/α-hetero) is 1. The average Bonchev–Trinajstić information content (AvgIpc) is 2.91. The van der Waals surface area contributed by atoms with Crippen LogP contribution in [0.1, 0.15) is 54.1 Å². The highest BCUT2D eigenvalue weighted by Crippen LogP contribution is 2.38. The summed E-state index contributed by atoms with van der Waals surface area (Å²) in [6, 6.07) is 10.2. The first kappa shape index (κ1) is 28.9. The van der Waals surface area contributed by atoms with E-state index in [-0.39, 0.29) is 40.0 Å². The minimum atomic E-state index is -3.25. The second-order valence-electron chi connectivity index (χ2n) is 9.42. The molecule has 12 heteroatoms. The molecule has 4 rings (SSSR count). The number of ether oxygens (including phenoxy) is 1. The van der Waals surface area contributed by atoms with E-state index in [2.05, 4.69) is 10.1 Å². The first-order chi connectivity index (χ1) is 19.0. The second kappa shape index (κ2) is 12.4. The van der Waals surface area contributed by atoms with E-state index in [1.807, 2.05) is 0 Å². The number of carbonyl (C=O) groups excluding carboxylic acids is 2. The Balaban J connectivity index is 1.68. The zero-order chi connectivity index (χ0) is 29.0. The second-order valence-corrected chi connectivity index (χ2v) is 9.83. The lowest BCUT2D eigenvalue weighted by Crippen LogP contribution is -2.38. The minimum Gasteiger partial charge on any atom is -0.618 e. The van der Waals surface area contributed by atoms with Gasteiger partial charge in [-0.1, -0.05) is 11.6 Å². The largest absolute Gasteiger partial charge is 0.618 e. The smallest absolute Gasteiger partial charge is 0.387 e. The highest BCUT2D eigenvalue weighted by Gasteiger charge is 2.33. The van der Waals surface area contributed by atoms with Gasteiger partial charge in [-0.2, -0.15) is 13.5 Å². The molecule has 8 nitrogen and oxygen atoms in total. The molecule has 2 N–H and O–H groups in total. The maximum absolute atomic E-state index is 14.9. The van der Waals surface area contributed by atoms with Crippen molar-refractivity contribution in [2.45, 2.75) is 44.6 Å². The van der Waals surface area contributed by atoms with Crippen molar-refractivity contribution in [2.24, 2.45) is 5.92 Å². The average molecular weight is 577 g/mol. The summed E-state index contributed by atoms with van der Waals surface area (Å²) in [6.07, 6.45) is 3.03. The van der Waals surface area contributed by atoms with Crippen LogP contribution in [0.15, 0.2) is 54.7 Å². The quantitative estimate of drug-likeness (QED) is 0.240. The lowest BCUT2D eigenvalue weighted by Gasteiger charge is -2.25. The molecule has 1 amide bonds. The maximum Gasteiger partial charge on any atom is 0.387 e. The fraction of sp³-hybridized carbons (Fsp3) is 0.286. The Morgan fingerprint density at radius 1 is 1.10 bits per heavy atom. The number of nitrogens with zero attached hydrogens (tertiary/aromatic N) is 1. The van der Waals surface area contributed by atoms with Crippen LogP contribution in [0.2, 0.25) is 5.02 Å². The summed E-state index contributed by atoms with van der Waals surface area (Å²) in [5.41, 5.74) is -0.185. The van der Waals surface area contributed by atoms with Crippen LogP contribution in [-0.2, 0) is 9.59 Å². The van der Waals surface area contributed by atoms with Gasteiger partial charge in [0.15, 0.2) is 12.0 Å². The standard InChI is InChI=1S/C28H24ClF3N2O6/c29-21-10-12-23(40-28(31)32)24(25(21)30)17-5-11-22(34(39)14-17)20(13-15-1-8-19(35)9-2-15)26(36)33-18-6-3-16(4-7-18)27(37)38/h3-7,10-12,14-15,20,28H,1-2,8-9,13H2,(H,33,36)(H,37,38). The number of benzene rings is 2. The lowest BCUT2D eigenvalue weighted by atomic mass is 9.81. The predicted molar refractivity (Wildman–Crippen MR) is 139 cm³/mol. The monoisotopic (exact) mass is 576 g/mol. The Hall–Kier alpha value is -4.12. The molecule has 1 unspecified atom stereocenters. The molecular weight excluding hydrogens is 553 g/mol. The van der Waals surface area contributed by atoms with Gasteiger partial charge in [-0.3, -0.25) is 9.59 Å². The van der Waals surface area contributed by atoms with Gasteiger partial charge in [0.2, 0.25) is 11.6 Å². The number of nitrogens with one attached hydrogen (secondary N) is 1. The van der Waals surface area contributed by atoms with Crippen molar-refractivity contribution in [3.63, 3.8) is 0 Å². The fourth-order valence-corrected chi connectivity index (χ4v) is 4.92. The summed E-state index contributed by atoms with van der Waals surface area (Å²) >= 11 is 5.85. The molecule has 1 saturated carbocycles. The Bertz CT molecular complexity index is 1420. The zero-order valence-electron chi connectivity index (χ0n) is 20.9. The van der Waals surface area contributed by atoms with Crippen LogP contribution in [0.5, 0.6) is 5.75 Å². The molecule has 3 aromatic rings. The molecule has 1 atom stereocenters. The summed E-state index contributed by atoms with van der Waals surface area (Å²) < 4.78 is 45.5. The highest BCUT2D eigenvalue weighted by molar-refractivity contribution is 6.31. The van der Waals surface area contributed by atoms with Crippen LogP contribution >= 0.6 is 11.6 Å². The SMILES string of the molecule is O=C1CCC(CC(C(=O)Nc2ccc(C(=O)O)cc2)c2ccc(-c3c(OC(F)F)ccc(Cl)c3F)c[n+]2[O-])CC1. The summed E-state index contributed by atoms with van der Waals surface area (Å²) in [5.74, 6) is -4.15. The molecule has 0 saturated heterocycles. The molecule has 1 heterocycles. The highest BCUT2D eigenvalue weighted by atomic mass is 35.5. The third-order valence-electron chi connectivity index (χ3n) is 6.81. The van der Waals surface area contributed by atoms with E-state index in [0.29, 0.717) is 36.1 Å². The van der Waals surface area contributed by atoms with Gasteiger partial charge in [-0.05, 0) is 67.6 Å². The van der Waals surface area contributed by atoms with Gasteiger partial charge >= 0.3 is 12.6 Å². The van der Waals surface area contributed by atoms with E-state index < -0.39 is 41.5 Å². The Kier molecular flexibility index (Phi) is 8.93. The number of carbonyl (C=O) groups is 3. The Morgan fingerprint density at radius 2 is 1.77 bits per heavy atom. The van der Waals surface area contributed by atoms with Gasteiger partial charge in [-0.15, -0.1) is 0 Å². The van der Waals surface area contributed by atoms with Gasteiger partial charge in [-0.25, -0.2) is 9.18 Å². The molecule has 1 aliphatic carbocycles. The summed E-state index contributed by atoms with van der Waals surface area (Å²) in [4.78, 5) is 36.3. The number of ketones is 1. The number of aromatic nitrogens is 1. The number of alkyl halides is 2. The minimum absolute atomic E-state index is 0.0130. The van der Waals surface area contributed by atoms with Crippen LogP contribution in [-0.4, -0.2) is 29.4 Å². The number of rotatable bonds is 9. The molecular formula is C28H24ClF3N2O6. The van der Waals surface area contributed by atoms with Crippen molar-refractivity contribution in [1.82, 2.24) is 0 Å². The van der Waals surface area contributed by atoms with E-state index in [4.69, 9.17) is 16.7 Å². The molecule has 40 heavy (non-hydrogen) atoms. The van der Waals surface area contributed by atoms with E-state index in [0.717, 1.165) is 18.3 Å². The normalized spacial score (nSPS) is 14.7. The topological polar surface area (TPSA) is 120 Å². The first-order valence-electron chi connectivity index (χ1n) is 12.4. The van der Waals surface area contributed by atoms with E-state index in [1.54, 1.807) is 0 Å². The number of aromatic carboxylic acids is 1. The summed E-state index contributed by atoms with van der Waals surface area (Å²) in [7, 11) is 0. The van der Waals surface area contributed by atoms with Gasteiger partial charge in [0.25, 0.3) is 0 Å². The number of anilines is 1. The van der Waals surface area contributed by atoms with Gasteiger partial charge in [0, 0.05) is 24.6 Å². The molecule has 0 radical (unpaired) electrons. The zero-order valence-corrected chi connectivity index (χ0v) is 21.7. The van der Waals surface area contributed by atoms with Gasteiger partial charge in [0.1, 0.15) is 17.5 Å². The van der Waals surface area contributed by atoms with Crippen LogP contribution in [0, 0.1) is 16.9 Å². The fourth-order valence-electron chi connectivity index (χ4n) is 4.76. The van der Waals surface area contributed by atoms with Gasteiger partial charge < -0.3 is 20.4 Å². The van der Waals surface area contributed by atoms with Crippen molar-refractivity contribution in [1.29, 1.82) is 0 Å². The number of halogens is 4. The van der Waals surface area contributed by atoms with E-state index >= 15 is 0 Å². The summed E-state index contributed by atoms with van der Waals surface area (Å²) in [6.45, 7) is -3.25. The summed E-state index contributed by atoms with van der Waals surface area (Å²) in [5, 5.41) is 24.7.